The normalized spacial score (nSPS) is 11.0. The number of halogens is 2. The standard InChI is InChI=1S/C22H26FN3OS2.ClH/c1-4-25(5-2)14-15-26(21(27)16-10-7-8-12-18(16)28-6-3)22-24-20-17(23)11-9-13-19(20)29-22;/h7-13H,4-6,14-15H2,1-3H3;1H. The van der Waals surface area contributed by atoms with Crippen LogP contribution < -0.4 is 4.90 Å². The molecule has 3 aromatic rings. The summed E-state index contributed by atoms with van der Waals surface area (Å²) >= 11 is 3.01. The van der Waals surface area contributed by atoms with Crippen LogP contribution in [0.25, 0.3) is 10.2 Å². The molecule has 0 N–H and O–H groups in total. The molecule has 8 heteroatoms. The Hall–Kier alpha value is -1.67. The van der Waals surface area contributed by atoms with Gasteiger partial charge in [0.05, 0.1) is 10.3 Å². The molecule has 0 unspecified atom stereocenters. The molecule has 0 bridgehead atoms. The first-order valence-electron chi connectivity index (χ1n) is 9.90. The number of amides is 1. The van der Waals surface area contributed by atoms with Gasteiger partial charge in [-0.1, -0.05) is 50.3 Å². The van der Waals surface area contributed by atoms with Crippen LogP contribution in [0, 0.1) is 5.82 Å². The molecule has 0 aliphatic heterocycles. The number of nitrogens with zero attached hydrogens (tertiary/aromatic N) is 3. The van der Waals surface area contributed by atoms with Gasteiger partial charge >= 0.3 is 0 Å². The SMILES string of the molecule is CCSc1ccccc1C(=O)N(CCN(CC)CC)c1nc2c(F)cccc2s1.Cl. The number of benzene rings is 2. The number of fused-ring (bicyclic) bond motifs is 1. The van der Waals surface area contributed by atoms with Crippen molar-refractivity contribution >= 4 is 56.8 Å². The molecular formula is C22H27ClFN3OS2. The largest absolute Gasteiger partial charge is 0.302 e. The van der Waals surface area contributed by atoms with Crippen molar-refractivity contribution in [2.45, 2.75) is 25.7 Å². The van der Waals surface area contributed by atoms with Crippen LogP contribution in [0.5, 0.6) is 0 Å². The van der Waals surface area contributed by atoms with Gasteiger partial charge in [-0.2, -0.15) is 0 Å². The van der Waals surface area contributed by atoms with Crippen molar-refractivity contribution in [2.24, 2.45) is 0 Å². The number of thiazole rings is 1. The maximum Gasteiger partial charge on any atom is 0.261 e. The van der Waals surface area contributed by atoms with E-state index in [9.17, 15) is 9.18 Å². The van der Waals surface area contributed by atoms with Crippen molar-refractivity contribution in [3.8, 4) is 0 Å². The van der Waals surface area contributed by atoms with Gasteiger partial charge in [-0.3, -0.25) is 9.69 Å². The molecule has 0 aliphatic carbocycles. The monoisotopic (exact) mass is 467 g/mol. The molecule has 0 atom stereocenters. The lowest BCUT2D eigenvalue weighted by Crippen LogP contribution is -2.39. The van der Waals surface area contributed by atoms with Gasteiger partial charge in [0.2, 0.25) is 0 Å². The van der Waals surface area contributed by atoms with Crippen molar-refractivity contribution in [3.05, 3.63) is 53.8 Å². The van der Waals surface area contributed by atoms with E-state index in [0.29, 0.717) is 22.8 Å². The van der Waals surface area contributed by atoms with Gasteiger partial charge in [0, 0.05) is 18.0 Å². The van der Waals surface area contributed by atoms with E-state index in [1.165, 1.54) is 17.4 Å². The number of rotatable bonds is 9. The zero-order valence-corrected chi connectivity index (χ0v) is 19.9. The van der Waals surface area contributed by atoms with Gasteiger partial charge in [0.1, 0.15) is 11.3 Å². The van der Waals surface area contributed by atoms with Crippen LogP contribution in [0.2, 0.25) is 0 Å². The first-order valence-corrected chi connectivity index (χ1v) is 11.7. The summed E-state index contributed by atoms with van der Waals surface area (Å²) in [5.41, 5.74) is 0.989. The van der Waals surface area contributed by atoms with Gasteiger partial charge < -0.3 is 4.90 Å². The van der Waals surface area contributed by atoms with Gasteiger partial charge in [-0.05, 0) is 43.1 Å². The fourth-order valence-electron chi connectivity index (χ4n) is 3.15. The lowest BCUT2D eigenvalue weighted by Gasteiger charge is -2.25. The average Bonchev–Trinajstić information content (AvgIpc) is 3.17. The van der Waals surface area contributed by atoms with Crippen LogP contribution in [0.3, 0.4) is 0 Å². The molecule has 1 heterocycles. The number of anilines is 1. The maximum absolute atomic E-state index is 14.2. The summed E-state index contributed by atoms with van der Waals surface area (Å²) in [5.74, 6) is 0.437. The lowest BCUT2D eigenvalue weighted by atomic mass is 10.2. The minimum Gasteiger partial charge on any atom is -0.302 e. The zero-order valence-electron chi connectivity index (χ0n) is 17.4. The van der Waals surface area contributed by atoms with Crippen molar-refractivity contribution in [1.29, 1.82) is 0 Å². The van der Waals surface area contributed by atoms with Crippen LogP contribution in [0.15, 0.2) is 47.4 Å². The molecule has 0 spiro atoms. The van der Waals surface area contributed by atoms with Crippen LogP contribution in [0.1, 0.15) is 31.1 Å². The van der Waals surface area contributed by atoms with Crippen LogP contribution >= 0.6 is 35.5 Å². The molecule has 2 aromatic carbocycles. The highest BCUT2D eigenvalue weighted by molar-refractivity contribution is 7.99. The molecule has 0 saturated carbocycles. The zero-order chi connectivity index (χ0) is 20.8. The summed E-state index contributed by atoms with van der Waals surface area (Å²) in [5, 5.41) is 0.540. The third kappa shape index (κ3) is 5.52. The van der Waals surface area contributed by atoms with Gasteiger partial charge in [0.15, 0.2) is 5.13 Å². The predicted octanol–water partition coefficient (Wildman–Crippen LogP) is 5.96. The van der Waals surface area contributed by atoms with E-state index < -0.39 is 0 Å². The van der Waals surface area contributed by atoms with E-state index in [2.05, 4.69) is 30.7 Å². The van der Waals surface area contributed by atoms with Crippen LogP contribution in [0.4, 0.5) is 9.52 Å². The Morgan fingerprint density at radius 3 is 2.47 bits per heavy atom. The van der Waals surface area contributed by atoms with Crippen molar-refractivity contribution in [1.82, 2.24) is 9.88 Å². The second-order valence-electron chi connectivity index (χ2n) is 6.50. The van der Waals surface area contributed by atoms with E-state index >= 15 is 0 Å². The smallest absolute Gasteiger partial charge is 0.261 e. The molecular weight excluding hydrogens is 441 g/mol. The quantitative estimate of drug-likeness (QED) is 0.364. The Morgan fingerprint density at radius 1 is 1.07 bits per heavy atom. The Bertz CT molecular complexity index is 978. The van der Waals surface area contributed by atoms with Crippen molar-refractivity contribution < 1.29 is 9.18 Å². The molecule has 4 nitrogen and oxygen atoms in total. The second kappa shape index (κ2) is 11.6. The van der Waals surface area contributed by atoms with Crippen molar-refractivity contribution in [2.75, 3.05) is 36.8 Å². The third-order valence-corrected chi connectivity index (χ3v) is 6.79. The fraction of sp³-hybridized carbons (Fsp3) is 0.364. The van der Waals surface area contributed by atoms with E-state index in [1.54, 1.807) is 22.7 Å². The number of thioether (sulfide) groups is 1. The van der Waals surface area contributed by atoms with E-state index in [1.807, 2.05) is 30.3 Å². The number of carbonyl (C=O) groups is 1. The average molecular weight is 468 g/mol. The fourth-order valence-corrected chi connectivity index (χ4v) is 4.96. The van der Waals surface area contributed by atoms with E-state index in [-0.39, 0.29) is 24.1 Å². The van der Waals surface area contributed by atoms with E-state index in [0.717, 1.165) is 35.0 Å². The molecule has 0 aliphatic rings. The molecule has 0 fully saturated rings. The summed E-state index contributed by atoms with van der Waals surface area (Å²) in [6, 6.07) is 12.6. The lowest BCUT2D eigenvalue weighted by molar-refractivity contribution is 0.0981. The number of para-hydroxylation sites is 1. The summed E-state index contributed by atoms with van der Waals surface area (Å²) < 4.78 is 15.0. The van der Waals surface area contributed by atoms with Crippen molar-refractivity contribution in [3.63, 3.8) is 0 Å². The Balaban J connectivity index is 0.00000320. The Morgan fingerprint density at radius 2 is 1.80 bits per heavy atom. The summed E-state index contributed by atoms with van der Waals surface area (Å²) in [6.07, 6.45) is 0. The number of hydrogen-bond donors (Lipinski definition) is 0. The second-order valence-corrected chi connectivity index (χ2v) is 8.81. The number of carbonyl (C=O) groups excluding carboxylic acids is 1. The first-order chi connectivity index (χ1) is 14.1. The first kappa shape index (κ1) is 24.6. The Labute approximate surface area is 191 Å². The van der Waals surface area contributed by atoms with Crippen LogP contribution in [-0.4, -0.2) is 47.7 Å². The molecule has 0 radical (unpaired) electrons. The molecule has 30 heavy (non-hydrogen) atoms. The number of aromatic nitrogens is 1. The maximum atomic E-state index is 14.2. The topological polar surface area (TPSA) is 36.4 Å². The molecule has 162 valence electrons. The highest BCUT2D eigenvalue weighted by Crippen LogP contribution is 2.32. The van der Waals surface area contributed by atoms with Gasteiger partial charge in [-0.25, -0.2) is 9.37 Å². The number of likely N-dealkylation sites (N-methyl/N-ethyl adjacent to an activating group) is 1. The predicted molar refractivity (Wildman–Crippen MR) is 129 cm³/mol. The highest BCUT2D eigenvalue weighted by Gasteiger charge is 2.24. The third-order valence-electron chi connectivity index (χ3n) is 4.79. The summed E-state index contributed by atoms with van der Waals surface area (Å²) in [6.45, 7) is 9.35. The van der Waals surface area contributed by atoms with Crippen LogP contribution in [-0.2, 0) is 0 Å². The molecule has 1 aromatic heterocycles. The minimum atomic E-state index is -0.358. The minimum absolute atomic E-state index is 0. The molecule has 0 saturated heterocycles. The summed E-state index contributed by atoms with van der Waals surface area (Å²) in [7, 11) is 0. The molecule has 1 amide bonds. The highest BCUT2D eigenvalue weighted by atomic mass is 35.5. The van der Waals surface area contributed by atoms with Gasteiger partial charge in [-0.15, -0.1) is 24.2 Å². The summed E-state index contributed by atoms with van der Waals surface area (Å²) in [4.78, 5) is 23.0. The number of hydrogen-bond acceptors (Lipinski definition) is 5. The van der Waals surface area contributed by atoms with E-state index in [4.69, 9.17) is 0 Å². The van der Waals surface area contributed by atoms with Gasteiger partial charge in [0.25, 0.3) is 5.91 Å². The Kier molecular flexibility index (Phi) is 9.55. The molecule has 3 rings (SSSR count).